The van der Waals surface area contributed by atoms with Crippen LogP contribution in [0.15, 0.2) is 36.4 Å². The molecule has 36 heavy (non-hydrogen) atoms. The second-order valence-electron chi connectivity index (χ2n) is 9.69. The number of halogens is 2. The Morgan fingerprint density at radius 1 is 0.750 bits per heavy atom. The third-order valence-corrected chi connectivity index (χ3v) is 6.54. The summed E-state index contributed by atoms with van der Waals surface area (Å²) in [7, 11) is 0. The lowest BCUT2D eigenvalue weighted by Crippen LogP contribution is -2.13. The van der Waals surface area contributed by atoms with E-state index in [1.54, 1.807) is 24.3 Å². The van der Waals surface area contributed by atoms with Gasteiger partial charge in [0.2, 0.25) is 5.82 Å². The molecule has 0 heterocycles. The highest BCUT2D eigenvalue weighted by atomic mass is 19.2. The second kappa shape index (κ2) is 15.5. The highest BCUT2D eigenvalue weighted by molar-refractivity contribution is 5.91. The Bertz CT molecular complexity index is 943. The first kappa shape index (κ1) is 27.9. The van der Waals surface area contributed by atoms with Crippen LogP contribution in [0.25, 0.3) is 0 Å². The summed E-state index contributed by atoms with van der Waals surface area (Å²) in [4.78, 5) is 12.6. The number of carbonyl (C=O) groups is 1. The predicted octanol–water partition coefficient (Wildman–Crippen LogP) is 8.66. The largest absolute Gasteiger partial charge is 0.490 e. The average molecular weight is 503 g/mol. The average Bonchev–Trinajstić information content (AvgIpc) is 3.70. The van der Waals surface area contributed by atoms with Gasteiger partial charge in [-0.1, -0.05) is 89.7 Å². The number of benzene rings is 2. The summed E-state index contributed by atoms with van der Waals surface area (Å²) in [6, 6.07) is 9.21. The van der Waals surface area contributed by atoms with Gasteiger partial charge >= 0.3 is 5.97 Å². The first-order chi connectivity index (χ1) is 17.6. The molecule has 2 aromatic carbocycles. The van der Waals surface area contributed by atoms with Crippen LogP contribution in [0.2, 0.25) is 0 Å². The lowest BCUT2D eigenvalue weighted by Gasteiger charge is -2.13. The molecular formula is C30H40F2O4. The van der Waals surface area contributed by atoms with Crippen molar-refractivity contribution in [1.29, 1.82) is 0 Å². The molecule has 3 rings (SSSR count). The molecule has 0 aromatic heterocycles. The molecule has 6 heteroatoms. The number of para-hydroxylation sites is 2. The van der Waals surface area contributed by atoms with Crippen LogP contribution in [-0.4, -0.2) is 19.2 Å². The van der Waals surface area contributed by atoms with Crippen molar-refractivity contribution in [3.8, 4) is 17.2 Å². The molecule has 4 nitrogen and oxygen atoms in total. The lowest BCUT2D eigenvalue weighted by atomic mass is 10.1. The van der Waals surface area contributed by atoms with Gasteiger partial charge in [0.05, 0.1) is 18.8 Å². The van der Waals surface area contributed by atoms with E-state index < -0.39 is 23.2 Å². The van der Waals surface area contributed by atoms with Crippen LogP contribution in [0.3, 0.4) is 0 Å². The molecule has 0 N–H and O–H groups in total. The van der Waals surface area contributed by atoms with Crippen LogP contribution in [-0.2, 0) is 0 Å². The Morgan fingerprint density at radius 2 is 1.36 bits per heavy atom. The maximum absolute atomic E-state index is 14.7. The molecule has 0 atom stereocenters. The van der Waals surface area contributed by atoms with Crippen LogP contribution >= 0.6 is 0 Å². The zero-order chi connectivity index (χ0) is 25.6. The first-order valence-corrected chi connectivity index (χ1v) is 13.6. The quantitative estimate of drug-likeness (QED) is 0.116. The number of esters is 1. The minimum absolute atomic E-state index is 0.176. The number of rotatable bonds is 18. The molecule has 1 saturated carbocycles. The van der Waals surface area contributed by atoms with Crippen molar-refractivity contribution < 1.29 is 27.8 Å². The third-order valence-electron chi connectivity index (χ3n) is 6.54. The maximum Gasteiger partial charge on any atom is 0.346 e. The van der Waals surface area contributed by atoms with Gasteiger partial charge in [0.15, 0.2) is 23.1 Å². The fourth-order valence-electron chi connectivity index (χ4n) is 4.15. The van der Waals surface area contributed by atoms with E-state index in [9.17, 15) is 13.6 Å². The molecule has 2 aromatic rings. The SMILES string of the molecule is CCCCCCCCOc1ccccc1OC(=O)c1ccc(OCCCCCCC2CC2)c(F)c1F. The second-order valence-corrected chi connectivity index (χ2v) is 9.69. The Kier molecular flexibility index (Phi) is 12.0. The van der Waals surface area contributed by atoms with Gasteiger partial charge in [0.1, 0.15) is 0 Å². The van der Waals surface area contributed by atoms with Crippen molar-refractivity contribution in [3.05, 3.63) is 53.6 Å². The first-order valence-electron chi connectivity index (χ1n) is 13.6. The molecule has 0 aliphatic heterocycles. The minimum Gasteiger partial charge on any atom is -0.490 e. The summed E-state index contributed by atoms with van der Waals surface area (Å²) < 4.78 is 45.8. The van der Waals surface area contributed by atoms with Crippen LogP contribution < -0.4 is 14.2 Å². The van der Waals surface area contributed by atoms with Gasteiger partial charge in [0.25, 0.3) is 0 Å². The normalized spacial score (nSPS) is 13.0. The van der Waals surface area contributed by atoms with E-state index in [-0.39, 0.29) is 11.5 Å². The van der Waals surface area contributed by atoms with Gasteiger partial charge in [-0.25, -0.2) is 9.18 Å². The van der Waals surface area contributed by atoms with E-state index >= 15 is 0 Å². The highest BCUT2D eigenvalue weighted by Gasteiger charge is 2.22. The van der Waals surface area contributed by atoms with Crippen molar-refractivity contribution in [1.82, 2.24) is 0 Å². The summed E-state index contributed by atoms with van der Waals surface area (Å²) in [6.45, 7) is 2.99. The van der Waals surface area contributed by atoms with Crippen LogP contribution in [0.5, 0.6) is 17.2 Å². The summed E-state index contributed by atoms with van der Waals surface area (Å²) in [6.07, 6.45) is 15.0. The van der Waals surface area contributed by atoms with Gasteiger partial charge in [0, 0.05) is 0 Å². The monoisotopic (exact) mass is 502 g/mol. The fraction of sp³-hybridized carbons (Fsp3) is 0.567. The van der Waals surface area contributed by atoms with Crippen LogP contribution in [0.1, 0.15) is 101 Å². The van der Waals surface area contributed by atoms with Gasteiger partial charge in [-0.2, -0.15) is 4.39 Å². The molecule has 1 aliphatic rings. The Balaban J connectivity index is 1.46. The van der Waals surface area contributed by atoms with Crippen molar-refractivity contribution in [2.45, 2.75) is 90.4 Å². The van der Waals surface area contributed by atoms with Crippen molar-refractivity contribution in [2.24, 2.45) is 5.92 Å². The van der Waals surface area contributed by atoms with E-state index in [0.29, 0.717) is 19.0 Å². The molecule has 198 valence electrons. The maximum atomic E-state index is 14.7. The highest BCUT2D eigenvalue weighted by Crippen LogP contribution is 2.34. The lowest BCUT2D eigenvalue weighted by molar-refractivity contribution is 0.0721. The summed E-state index contributed by atoms with van der Waals surface area (Å²) in [5.74, 6) is -2.10. The zero-order valence-electron chi connectivity index (χ0n) is 21.5. The number of hydrogen-bond acceptors (Lipinski definition) is 4. The van der Waals surface area contributed by atoms with Gasteiger partial charge < -0.3 is 14.2 Å². The molecule has 0 unspecified atom stereocenters. The summed E-state index contributed by atoms with van der Waals surface area (Å²) >= 11 is 0. The molecule has 0 spiro atoms. The minimum atomic E-state index is -1.27. The number of hydrogen-bond donors (Lipinski definition) is 0. The van der Waals surface area contributed by atoms with Crippen LogP contribution in [0.4, 0.5) is 8.78 Å². The van der Waals surface area contributed by atoms with E-state index in [4.69, 9.17) is 14.2 Å². The predicted molar refractivity (Wildman–Crippen MR) is 138 cm³/mol. The number of carbonyl (C=O) groups excluding carboxylic acids is 1. The molecular weight excluding hydrogens is 462 g/mol. The number of unbranched alkanes of at least 4 members (excludes halogenated alkanes) is 8. The molecule has 0 saturated heterocycles. The molecule has 0 bridgehead atoms. The van der Waals surface area contributed by atoms with Crippen molar-refractivity contribution >= 4 is 5.97 Å². The van der Waals surface area contributed by atoms with E-state index in [1.807, 2.05) is 0 Å². The Labute approximate surface area is 214 Å². The van der Waals surface area contributed by atoms with Gasteiger partial charge in [-0.15, -0.1) is 0 Å². The fourth-order valence-corrected chi connectivity index (χ4v) is 4.15. The number of ether oxygens (including phenoxy) is 3. The molecule has 1 aliphatic carbocycles. The smallest absolute Gasteiger partial charge is 0.346 e. The summed E-state index contributed by atoms with van der Waals surface area (Å²) in [5.41, 5.74) is -0.481. The Hall–Kier alpha value is -2.63. The standard InChI is InChI=1S/C30H40F2O4/c1-2-3-4-5-7-12-21-34-25-15-10-11-16-26(25)36-30(33)24-19-20-27(29(32)28(24)31)35-22-13-8-6-9-14-23-17-18-23/h10-11,15-16,19-20,23H,2-9,12-14,17-18,21-22H2,1H3. The van der Waals surface area contributed by atoms with Crippen LogP contribution in [0, 0.1) is 17.6 Å². The Morgan fingerprint density at radius 3 is 2.06 bits per heavy atom. The van der Waals surface area contributed by atoms with E-state index in [2.05, 4.69) is 6.92 Å². The molecule has 1 fully saturated rings. The zero-order valence-corrected chi connectivity index (χ0v) is 21.5. The third kappa shape index (κ3) is 9.44. The van der Waals surface area contributed by atoms with Gasteiger partial charge in [-0.05, 0) is 43.0 Å². The van der Waals surface area contributed by atoms with Gasteiger partial charge in [-0.3, -0.25) is 0 Å². The van der Waals surface area contributed by atoms with Crippen molar-refractivity contribution in [2.75, 3.05) is 13.2 Å². The topological polar surface area (TPSA) is 44.8 Å². The molecule has 0 amide bonds. The van der Waals surface area contributed by atoms with E-state index in [1.165, 1.54) is 63.5 Å². The van der Waals surface area contributed by atoms with E-state index in [0.717, 1.165) is 38.0 Å². The summed E-state index contributed by atoms with van der Waals surface area (Å²) in [5, 5.41) is 0. The molecule has 0 radical (unpaired) electrons. The van der Waals surface area contributed by atoms with Crippen molar-refractivity contribution in [3.63, 3.8) is 0 Å².